The van der Waals surface area contributed by atoms with E-state index in [1.165, 1.54) is 43.7 Å². The van der Waals surface area contributed by atoms with E-state index in [9.17, 15) is 0 Å². The van der Waals surface area contributed by atoms with Crippen LogP contribution in [-0.2, 0) is 0 Å². The first-order valence-corrected chi connectivity index (χ1v) is 18.6. The standard InChI is InChI=1S/C50H30N4O/c1-2-14-36(15-3-1)53-44-19-8-6-17-38(44)40-26-33(21-23-46(40)53)34-22-24-47-41(27-34)39-18-7-9-20-45(39)54(47)37-16-10-13-35(25-37)43-30-51-50-49(52-43)42-28-31-11-4-5-12-32(31)29-48(42)55-50/h1-30H. The van der Waals surface area contributed by atoms with Crippen molar-refractivity contribution in [3.05, 3.63) is 182 Å². The molecule has 0 amide bonds. The fourth-order valence-electron chi connectivity index (χ4n) is 8.60. The zero-order valence-corrected chi connectivity index (χ0v) is 29.5. The van der Waals surface area contributed by atoms with Crippen molar-refractivity contribution in [1.82, 2.24) is 19.1 Å². The van der Waals surface area contributed by atoms with Gasteiger partial charge in [-0.2, -0.15) is 0 Å². The van der Waals surface area contributed by atoms with Gasteiger partial charge in [0.2, 0.25) is 5.71 Å². The lowest BCUT2D eigenvalue weighted by atomic mass is 10.0. The van der Waals surface area contributed by atoms with Crippen LogP contribution < -0.4 is 0 Å². The number of aromatic nitrogens is 4. The minimum absolute atomic E-state index is 0.546. The predicted octanol–water partition coefficient (Wildman–Crippen LogP) is 13.1. The van der Waals surface area contributed by atoms with Crippen molar-refractivity contribution in [2.75, 3.05) is 0 Å². The smallest absolute Gasteiger partial charge is 0.246 e. The summed E-state index contributed by atoms with van der Waals surface area (Å²) >= 11 is 0. The first-order valence-electron chi connectivity index (χ1n) is 18.6. The molecule has 4 heterocycles. The number of para-hydroxylation sites is 3. The Bertz CT molecular complexity index is 3500. The van der Waals surface area contributed by atoms with Crippen LogP contribution in [0.1, 0.15) is 0 Å². The lowest BCUT2D eigenvalue weighted by Crippen LogP contribution is -1.95. The Morgan fingerprint density at radius 2 is 0.982 bits per heavy atom. The summed E-state index contributed by atoms with van der Waals surface area (Å²) in [4.78, 5) is 9.86. The van der Waals surface area contributed by atoms with Crippen molar-refractivity contribution in [2.24, 2.45) is 0 Å². The van der Waals surface area contributed by atoms with Crippen molar-refractivity contribution in [3.63, 3.8) is 0 Å². The molecule has 0 spiro atoms. The molecule has 0 radical (unpaired) electrons. The second kappa shape index (κ2) is 11.5. The van der Waals surface area contributed by atoms with Crippen LogP contribution in [0, 0.1) is 0 Å². The number of furan rings is 1. The van der Waals surface area contributed by atoms with Gasteiger partial charge in [-0.1, -0.05) is 103 Å². The second-order valence-corrected chi connectivity index (χ2v) is 14.3. The molecule has 8 aromatic carbocycles. The molecule has 5 nitrogen and oxygen atoms in total. The van der Waals surface area contributed by atoms with E-state index in [4.69, 9.17) is 14.4 Å². The van der Waals surface area contributed by atoms with Crippen LogP contribution in [-0.4, -0.2) is 19.1 Å². The van der Waals surface area contributed by atoms with E-state index < -0.39 is 0 Å². The quantitative estimate of drug-likeness (QED) is 0.183. The maximum Gasteiger partial charge on any atom is 0.246 e. The van der Waals surface area contributed by atoms with E-state index >= 15 is 0 Å². The van der Waals surface area contributed by atoms with Gasteiger partial charge < -0.3 is 13.6 Å². The van der Waals surface area contributed by atoms with Gasteiger partial charge >= 0.3 is 0 Å². The van der Waals surface area contributed by atoms with Gasteiger partial charge in [0.05, 0.1) is 34.0 Å². The first-order chi connectivity index (χ1) is 27.2. The van der Waals surface area contributed by atoms with Gasteiger partial charge in [0.1, 0.15) is 11.1 Å². The normalized spacial score (nSPS) is 12.0. The summed E-state index contributed by atoms with van der Waals surface area (Å²) in [5.74, 6) is 0. The second-order valence-electron chi connectivity index (χ2n) is 14.3. The number of benzene rings is 8. The SMILES string of the molecule is c1ccc(-n2c3ccccc3c3cc(-c4ccc5c(c4)c4ccccc4n5-c4cccc(-c5cnc6oc7cc8ccccc8cc7c6n5)c4)ccc32)cc1. The molecule has 0 saturated heterocycles. The number of fused-ring (bicyclic) bond motifs is 10. The van der Waals surface area contributed by atoms with E-state index in [0.717, 1.165) is 60.9 Å². The minimum atomic E-state index is 0.546. The highest BCUT2D eigenvalue weighted by molar-refractivity contribution is 6.13. The zero-order chi connectivity index (χ0) is 36.0. The Labute approximate surface area is 315 Å². The van der Waals surface area contributed by atoms with E-state index in [0.29, 0.717) is 5.71 Å². The van der Waals surface area contributed by atoms with Gasteiger partial charge in [0.15, 0.2) is 0 Å². The Kier molecular flexibility index (Phi) is 6.27. The molecule has 5 heteroatoms. The molecule has 0 N–H and O–H groups in total. The Balaban J connectivity index is 0.986. The molecule has 0 unspecified atom stereocenters. The molecule has 12 rings (SSSR count). The highest BCUT2D eigenvalue weighted by Gasteiger charge is 2.18. The van der Waals surface area contributed by atoms with Gasteiger partial charge in [-0.25, -0.2) is 9.97 Å². The molecule has 0 aliphatic carbocycles. The number of rotatable bonds is 4. The van der Waals surface area contributed by atoms with E-state index in [1.54, 1.807) is 0 Å². The summed E-state index contributed by atoms with van der Waals surface area (Å²) in [6.45, 7) is 0. The maximum absolute atomic E-state index is 6.15. The van der Waals surface area contributed by atoms with E-state index in [1.807, 2.05) is 12.3 Å². The summed E-state index contributed by atoms with van der Waals surface area (Å²) in [5, 5.41) is 8.17. The topological polar surface area (TPSA) is 48.8 Å². The summed E-state index contributed by atoms with van der Waals surface area (Å²) in [6, 6.07) is 62.9. The third-order valence-electron chi connectivity index (χ3n) is 11.1. The number of hydrogen-bond donors (Lipinski definition) is 0. The van der Waals surface area contributed by atoms with Crippen molar-refractivity contribution in [3.8, 4) is 33.8 Å². The lowest BCUT2D eigenvalue weighted by molar-refractivity contribution is 0.653. The molecule has 0 fully saturated rings. The van der Waals surface area contributed by atoms with Crippen LogP contribution in [0.3, 0.4) is 0 Å². The maximum atomic E-state index is 6.15. The molecule has 0 atom stereocenters. The molecular formula is C50H30N4O. The molecule has 4 aromatic heterocycles. The summed E-state index contributed by atoms with van der Waals surface area (Å²) in [7, 11) is 0. The van der Waals surface area contributed by atoms with E-state index in [2.05, 4.69) is 179 Å². The van der Waals surface area contributed by atoms with Gasteiger partial charge in [0.25, 0.3) is 0 Å². The Morgan fingerprint density at radius 3 is 1.69 bits per heavy atom. The first kappa shape index (κ1) is 30.0. The summed E-state index contributed by atoms with van der Waals surface area (Å²) in [6.07, 6.45) is 1.82. The largest absolute Gasteiger partial charge is 0.436 e. The molecule has 0 aliphatic rings. The highest BCUT2D eigenvalue weighted by Crippen LogP contribution is 2.39. The number of nitrogens with zero attached hydrogens (tertiary/aromatic N) is 4. The molecule has 256 valence electrons. The van der Waals surface area contributed by atoms with Gasteiger partial charge in [-0.15, -0.1) is 0 Å². The molecule has 0 aliphatic heterocycles. The third-order valence-corrected chi connectivity index (χ3v) is 11.1. The van der Waals surface area contributed by atoms with Gasteiger partial charge in [0, 0.05) is 43.9 Å². The van der Waals surface area contributed by atoms with Crippen LogP contribution in [0.25, 0.3) is 110 Å². The monoisotopic (exact) mass is 702 g/mol. The Morgan fingerprint density at radius 1 is 0.400 bits per heavy atom. The van der Waals surface area contributed by atoms with Crippen LogP contribution >= 0.6 is 0 Å². The molecule has 55 heavy (non-hydrogen) atoms. The van der Waals surface area contributed by atoms with Crippen LogP contribution in [0.15, 0.2) is 187 Å². The molecular weight excluding hydrogens is 673 g/mol. The lowest BCUT2D eigenvalue weighted by Gasteiger charge is -2.11. The van der Waals surface area contributed by atoms with Crippen molar-refractivity contribution in [2.45, 2.75) is 0 Å². The van der Waals surface area contributed by atoms with Crippen LogP contribution in [0.5, 0.6) is 0 Å². The van der Waals surface area contributed by atoms with Crippen molar-refractivity contribution < 1.29 is 4.42 Å². The van der Waals surface area contributed by atoms with Crippen molar-refractivity contribution in [1.29, 1.82) is 0 Å². The summed E-state index contributed by atoms with van der Waals surface area (Å²) < 4.78 is 10.9. The van der Waals surface area contributed by atoms with Gasteiger partial charge in [-0.3, -0.25) is 0 Å². The fourth-order valence-corrected chi connectivity index (χ4v) is 8.60. The van der Waals surface area contributed by atoms with Crippen molar-refractivity contribution >= 4 is 76.6 Å². The highest BCUT2D eigenvalue weighted by atomic mass is 16.3. The van der Waals surface area contributed by atoms with Gasteiger partial charge in [-0.05, 0) is 94.7 Å². The zero-order valence-electron chi connectivity index (χ0n) is 29.5. The number of hydrogen-bond acceptors (Lipinski definition) is 3. The molecule has 12 aromatic rings. The Hall–Kier alpha value is -7.50. The van der Waals surface area contributed by atoms with Crippen LogP contribution in [0.2, 0.25) is 0 Å². The minimum Gasteiger partial charge on any atom is -0.436 e. The molecule has 0 saturated carbocycles. The fraction of sp³-hybridized carbons (Fsp3) is 0. The summed E-state index contributed by atoms with van der Waals surface area (Å²) in [5.41, 5.74) is 13.2. The van der Waals surface area contributed by atoms with Crippen LogP contribution in [0.4, 0.5) is 0 Å². The average Bonchev–Trinajstić information content (AvgIpc) is 3.89. The molecule has 0 bridgehead atoms. The van der Waals surface area contributed by atoms with E-state index in [-0.39, 0.29) is 0 Å². The third kappa shape index (κ3) is 4.53. The predicted molar refractivity (Wildman–Crippen MR) is 226 cm³/mol. The average molecular weight is 703 g/mol.